The first-order valence-corrected chi connectivity index (χ1v) is 19.1. The Morgan fingerprint density at radius 1 is 0.902 bits per heavy atom. The SMILES string of the molecule is C=C1[C@H](C)C[C@H](CCCO)O[C@@H]1C[C@@H]1O[C@H](C[C@@H](COC(=O)c2ccccc2)OC(=O)c2ccccc2)[C@H](OC)[C@H]1CS(=O)(=O)c1ccccc1. The van der Waals surface area contributed by atoms with Gasteiger partial charge in [0.15, 0.2) is 9.84 Å². The van der Waals surface area contributed by atoms with Crippen molar-refractivity contribution in [3.63, 3.8) is 0 Å². The van der Waals surface area contributed by atoms with Gasteiger partial charge in [-0.25, -0.2) is 18.0 Å². The van der Waals surface area contributed by atoms with E-state index in [1.54, 1.807) is 91.0 Å². The summed E-state index contributed by atoms with van der Waals surface area (Å²) >= 11 is 0. The quantitative estimate of drug-likeness (QED) is 0.142. The highest BCUT2D eigenvalue weighted by Gasteiger charge is 2.49. The topological polar surface area (TPSA) is 135 Å². The van der Waals surface area contributed by atoms with Crippen LogP contribution in [0.5, 0.6) is 0 Å². The van der Waals surface area contributed by atoms with Crippen LogP contribution >= 0.6 is 0 Å². The molecule has 2 aliphatic rings. The van der Waals surface area contributed by atoms with Crippen molar-refractivity contribution in [2.75, 3.05) is 26.1 Å². The number of benzene rings is 3. The van der Waals surface area contributed by atoms with Gasteiger partial charge in [0.2, 0.25) is 0 Å². The number of esters is 2. The minimum Gasteiger partial charge on any atom is -0.458 e. The van der Waals surface area contributed by atoms with Crippen molar-refractivity contribution in [2.45, 2.75) is 80.5 Å². The molecule has 0 unspecified atom stereocenters. The fourth-order valence-corrected chi connectivity index (χ4v) is 8.68. The van der Waals surface area contributed by atoms with Crippen LogP contribution in [0.1, 0.15) is 59.7 Å². The molecule has 2 saturated heterocycles. The minimum absolute atomic E-state index is 0.0683. The number of carbonyl (C=O) groups is 2. The van der Waals surface area contributed by atoms with Gasteiger partial charge in [0.1, 0.15) is 12.7 Å². The number of methoxy groups -OCH3 is 1. The Balaban J connectivity index is 1.41. The average Bonchev–Trinajstić information content (AvgIpc) is 3.46. The standard InChI is InChI=1S/C40H48O10S/c1-27-22-31(18-13-21-41)48-35(28(27)2)24-36-34(26-51(44,45)33-19-11-6-12-20-33)38(46-3)37(50-36)23-32(49-40(43)30-16-9-5-10-17-30)25-47-39(42)29-14-7-4-8-15-29/h4-12,14-17,19-20,27,31-32,34-38,41H,2,13,18,21-26H2,1,3H3/t27-,31+,32+,34+,35-,36+,37-,38-/m1/s1. The van der Waals surface area contributed by atoms with E-state index in [0.29, 0.717) is 30.4 Å². The van der Waals surface area contributed by atoms with Gasteiger partial charge in [-0.15, -0.1) is 0 Å². The summed E-state index contributed by atoms with van der Waals surface area (Å²) in [6.07, 6.45) is -0.988. The Hall–Kier alpha value is -3.87. The molecule has 51 heavy (non-hydrogen) atoms. The highest BCUT2D eigenvalue weighted by atomic mass is 32.2. The molecule has 0 spiro atoms. The Morgan fingerprint density at radius 3 is 2.12 bits per heavy atom. The predicted octanol–water partition coefficient (Wildman–Crippen LogP) is 5.84. The molecule has 0 saturated carbocycles. The Morgan fingerprint density at radius 2 is 1.51 bits per heavy atom. The third-order valence-corrected chi connectivity index (χ3v) is 11.6. The van der Waals surface area contributed by atoms with Crippen molar-refractivity contribution < 1.29 is 46.8 Å². The van der Waals surface area contributed by atoms with Crippen molar-refractivity contribution in [1.29, 1.82) is 0 Å². The predicted molar refractivity (Wildman–Crippen MR) is 191 cm³/mol. The maximum Gasteiger partial charge on any atom is 0.338 e. The van der Waals surface area contributed by atoms with Gasteiger partial charge in [-0.05, 0) is 67.2 Å². The lowest BCUT2D eigenvalue weighted by Crippen LogP contribution is -2.40. The monoisotopic (exact) mass is 720 g/mol. The van der Waals surface area contributed by atoms with Gasteiger partial charge in [0.25, 0.3) is 0 Å². The third-order valence-electron chi connectivity index (χ3n) is 9.74. The fourth-order valence-electron chi connectivity index (χ4n) is 7.01. The number of hydrogen-bond donors (Lipinski definition) is 1. The van der Waals surface area contributed by atoms with Crippen LogP contribution in [0.4, 0.5) is 0 Å². The molecule has 5 rings (SSSR count). The number of carbonyl (C=O) groups excluding carboxylic acids is 2. The molecule has 0 bridgehead atoms. The number of sulfone groups is 1. The van der Waals surface area contributed by atoms with Crippen LogP contribution in [0.2, 0.25) is 0 Å². The number of rotatable bonds is 16. The molecule has 8 atom stereocenters. The maximum atomic E-state index is 13.8. The number of aliphatic hydroxyl groups excluding tert-OH is 1. The molecular formula is C40H48O10S. The molecule has 1 N–H and O–H groups in total. The molecule has 0 aromatic heterocycles. The molecule has 0 amide bonds. The van der Waals surface area contributed by atoms with Crippen LogP contribution in [0.25, 0.3) is 0 Å². The van der Waals surface area contributed by atoms with Crippen LogP contribution in [0, 0.1) is 11.8 Å². The normalized spacial score (nSPS) is 25.6. The minimum atomic E-state index is -3.77. The van der Waals surface area contributed by atoms with Crippen molar-refractivity contribution in [1.82, 2.24) is 0 Å². The second-order valence-electron chi connectivity index (χ2n) is 13.3. The molecule has 2 fully saturated rings. The summed E-state index contributed by atoms with van der Waals surface area (Å²) in [6, 6.07) is 25.3. The van der Waals surface area contributed by atoms with Gasteiger partial charge in [-0.1, -0.05) is 68.1 Å². The molecular weight excluding hydrogens is 672 g/mol. The summed E-state index contributed by atoms with van der Waals surface area (Å²) in [5, 5.41) is 9.43. The van der Waals surface area contributed by atoms with Gasteiger partial charge < -0.3 is 28.8 Å². The zero-order chi connectivity index (χ0) is 36.4. The summed E-state index contributed by atoms with van der Waals surface area (Å²) in [5.41, 5.74) is 1.58. The van der Waals surface area contributed by atoms with E-state index in [2.05, 4.69) is 13.5 Å². The summed E-state index contributed by atoms with van der Waals surface area (Å²) in [7, 11) is -2.26. The van der Waals surface area contributed by atoms with Crippen molar-refractivity contribution in [2.24, 2.45) is 11.8 Å². The molecule has 3 aromatic carbocycles. The largest absolute Gasteiger partial charge is 0.458 e. The van der Waals surface area contributed by atoms with E-state index >= 15 is 0 Å². The summed E-state index contributed by atoms with van der Waals surface area (Å²) in [4.78, 5) is 26.3. The first-order valence-electron chi connectivity index (χ1n) is 17.5. The zero-order valence-corrected chi connectivity index (χ0v) is 30.0. The van der Waals surface area contributed by atoms with Gasteiger partial charge in [0.05, 0.1) is 52.3 Å². The summed E-state index contributed by atoms with van der Waals surface area (Å²) < 4.78 is 58.4. The molecule has 10 nitrogen and oxygen atoms in total. The van der Waals surface area contributed by atoms with E-state index in [0.717, 1.165) is 12.0 Å². The third kappa shape index (κ3) is 10.1. The summed E-state index contributed by atoms with van der Waals surface area (Å²) in [5.74, 6) is -1.88. The van der Waals surface area contributed by atoms with Crippen LogP contribution in [-0.4, -0.2) is 88.2 Å². The highest BCUT2D eigenvalue weighted by molar-refractivity contribution is 7.91. The first-order chi connectivity index (χ1) is 24.6. The second-order valence-corrected chi connectivity index (χ2v) is 15.4. The van der Waals surface area contributed by atoms with Crippen molar-refractivity contribution in [3.05, 3.63) is 114 Å². The smallest absolute Gasteiger partial charge is 0.338 e. The van der Waals surface area contributed by atoms with E-state index in [9.17, 15) is 23.1 Å². The van der Waals surface area contributed by atoms with Crippen LogP contribution in [-0.2, 0) is 33.5 Å². The fraction of sp³-hybridized carbons (Fsp3) is 0.450. The lowest BCUT2D eigenvalue weighted by atomic mass is 9.83. The first kappa shape index (κ1) is 38.4. The van der Waals surface area contributed by atoms with Crippen molar-refractivity contribution in [3.8, 4) is 0 Å². The zero-order valence-electron chi connectivity index (χ0n) is 29.2. The molecule has 11 heteroatoms. The average molecular weight is 721 g/mol. The van der Waals surface area contributed by atoms with Gasteiger partial charge in [-0.3, -0.25) is 0 Å². The van der Waals surface area contributed by atoms with Gasteiger partial charge in [0, 0.05) is 32.5 Å². The second kappa shape index (κ2) is 18.1. The number of hydrogen-bond acceptors (Lipinski definition) is 10. The molecule has 3 aromatic rings. The van der Waals surface area contributed by atoms with Gasteiger partial charge in [-0.2, -0.15) is 0 Å². The maximum absolute atomic E-state index is 13.8. The van der Waals surface area contributed by atoms with Crippen LogP contribution in [0.15, 0.2) is 108 Å². The number of aliphatic hydroxyl groups is 1. The lowest BCUT2D eigenvalue weighted by Gasteiger charge is -2.38. The van der Waals surface area contributed by atoms with Crippen LogP contribution < -0.4 is 0 Å². The van der Waals surface area contributed by atoms with Crippen molar-refractivity contribution >= 4 is 21.8 Å². The highest BCUT2D eigenvalue weighted by Crippen LogP contribution is 2.40. The van der Waals surface area contributed by atoms with E-state index in [1.165, 1.54) is 7.11 Å². The van der Waals surface area contributed by atoms with Crippen LogP contribution in [0.3, 0.4) is 0 Å². The Labute approximate surface area is 300 Å². The van der Waals surface area contributed by atoms with E-state index in [-0.39, 0.29) is 42.3 Å². The number of ether oxygens (including phenoxy) is 5. The molecule has 274 valence electrons. The molecule has 2 aliphatic heterocycles. The molecule has 0 radical (unpaired) electrons. The summed E-state index contributed by atoms with van der Waals surface area (Å²) in [6.45, 7) is 6.24. The Kier molecular flexibility index (Phi) is 13.6. The van der Waals surface area contributed by atoms with Gasteiger partial charge >= 0.3 is 11.9 Å². The van der Waals surface area contributed by atoms with E-state index < -0.39 is 58.2 Å². The van der Waals surface area contributed by atoms with E-state index in [1.807, 2.05) is 0 Å². The van der Waals surface area contributed by atoms with E-state index in [4.69, 9.17) is 23.7 Å². The molecule has 2 heterocycles. The Bertz CT molecular complexity index is 1680. The molecule has 0 aliphatic carbocycles. The lowest BCUT2D eigenvalue weighted by molar-refractivity contribution is -0.0790.